The quantitative estimate of drug-likeness (QED) is 0.331. The maximum atomic E-state index is 14.9. The molecule has 0 bridgehead atoms. The predicted molar refractivity (Wildman–Crippen MR) is 143 cm³/mol. The molecule has 41 heavy (non-hydrogen) atoms. The molecule has 3 unspecified atom stereocenters. The molecule has 4 nitrogen and oxygen atoms in total. The molecule has 3 atom stereocenters. The van der Waals surface area contributed by atoms with Gasteiger partial charge in [0, 0.05) is 18.0 Å². The van der Waals surface area contributed by atoms with Crippen LogP contribution >= 0.6 is 0 Å². The Balaban J connectivity index is 1.48. The van der Waals surface area contributed by atoms with Gasteiger partial charge in [0.15, 0.2) is 0 Å². The topological polar surface area (TPSA) is 57.6 Å². The minimum Gasteiger partial charge on any atom is -0.481 e. The second kappa shape index (κ2) is 10.6. The molecular weight excluding hydrogens is 541 g/mol. The van der Waals surface area contributed by atoms with Crippen molar-refractivity contribution in [2.75, 3.05) is 6.54 Å². The van der Waals surface area contributed by atoms with Crippen LogP contribution in [0.4, 0.5) is 22.0 Å². The maximum absolute atomic E-state index is 14.9. The van der Waals surface area contributed by atoms with E-state index >= 15 is 0 Å². The van der Waals surface area contributed by atoms with Crippen LogP contribution in [0.25, 0.3) is 0 Å². The van der Waals surface area contributed by atoms with Crippen LogP contribution in [0.5, 0.6) is 0 Å². The molecule has 3 aromatic rings. The van der Waals surface area contributed by atoms with E-state index in [0.717, 1.165) is 11.1 Å². The minimum atomic E-state index is -5.07. The molecule has 5 rings (SSSR count). The number of fused-ring (bicyclic) bond motifs is 3. The Morgan fingerprint density at radius 3 is 2.27 bits per heavy atom. The first-order valence-corrected chi connectivity index (χ1v) is 13.5. The van der Waals surface area contributed by atoms with Gasteiger partial charge < -0.3 is 10.0 Å². The summed E-state index contributed by atoms with van der Waals surface area (Å²) in [6, 6.07) is 16.8. The van der Waals surface area contributed by atoms with Gasteiger partial charge in [-0.2, -0.15) is 13.2 Å². The lowest BCUT2D eigenvalue weighted by atomic mass is 9.63. The van der Waals surface area contributed by atoms with Crippen molar-refractivity contribution in [2.45, 2.75) is 68.8 Å². The van der Waals surface area contributed by atoms with Crippen LogP contribution in [-0.4, -0.2) is 40.6 Å². The van der Waals surface area contributed by atoms with Crippen molar-refractivity contribution < 1.29 is 36.6 Å². The number of amides is 1. The van der Waals surface area contributed by atoms with E-state index in [4.69, 9.17) is 5.11 Å². The van der Waals surface area contributed by atoms with E-state index in [9.17, 15) is 31.5 Å². The fourth-order valence-electron chi connectivity index (χ4n) is 6.56. The lowest BCUT2D eigenvalue weighted by Gasteiger charge is -2.44. The molecule has 3 aromatic carbocycles. The molecule has 0 radical (unpaired) electrons. The van der Waals surface area contributed by atoms with Crippen LogP contribution in [0, 0.1) is 5.82 Å². The Labute approximate surface area is 234 Å². The van der Waals surface area contributed by atoms with Gasteiger partial charge in [0.05, 0.1) is 12.8 Å². The molecule has 216 valence electrons. The summed E-state index contributed by atoms with van der Waals surface area (Å²) in [4.78, 5) is 26.4. The second-order valence-corrected chi connectivity index (χ2v) is 11.3. The van der Waals surface area contributed by atoms with Crippen LogP contribution in [-0.2, 0) is 46.4 Å². The normalized spacial score (nSPS) is 21.6. The fourth-order valence-corrected chi connectivity index (χ4v) is 6.56. The zero-order valence-electron chi connectivity index (χ0n) is 22.5. The Kier molecular flexibility index (Phi) is 7.42. The summed E-state index contributed by atoms with van der Waals surface area (Å²) in [5.41, 5.74) is -1.18. The Morgan fingerprint density at radius 1 is 0.951 bits per heavy atom. The van der Waals surface area contributed by atoms with E-state index < -0.39 is 34.6 Å². The molecule has 1 saturated heterocycles. The summed E-state index contributed by atoms with van der Waals surface area (Å²) < 4.78 is 69.5. The number of likely N-dealkylation sites (tertiary alicyclic amines) is 1. The van der Waals surface area contributed by atoms with Gasteiger partial charge in [-0.05, 0) is 78.1 Å². The highest BCUT2D eigenvalue weighted by Gasteiger charge is 2.55. The van der Waals surface area contributed by atoms with Crippen molar-refractivity contribution in [1.29, 1.82) is 0 Å². The molecule has 1 heterocycles. The van der Waals surface area contributed by atoms with Gasteiger partial charge in [-0.25, -0.2) is 8.78 Å². The largest absolute Gasteiger partial charge is 0.481 e. The number of carbonyl (C=O) groups excluding carboxylic acids is 1. The summed E-state index contributed by atoms with van der Waals surface area (Å²) in [5.74, 6) is -1.46. The van der Waals surface area contributed by atoms with E-state index in [1.165, 1.54) is 24.3 Å². The molecule has 0 saturated carbocycles. The number of rotatable bonds is 7. The number of carbonyl (C=O) groups is 2. The maximum Gasteiger partial charge on any atom is 0.426 e. The third kappa shape index (κ3) is 5.46. The molecular formula is C32H30F5NO3. The van der Waals surface area contributed by atoms with Gasteiger partial charge in [-0.15, -0.1) is 0 Å². The molecule has 2 aliphatic rings. The Morgan fingerprint density at radius 2 is 1.63 bits per heavy atom. The van der Waals surface area contributed by atoms with Crippen LogP contribution in [0.1, 0.15) is 53.1 Å². The van der Waals surface area contributed by atoms with Gasteiger partial charge in [-0.3, -0.25) is 9.59 Å². The van der Waals surface area contributed by atoms with Gasteiger partial charge in [0.1, 0.15) is 5.82 Å². The molecule has 1 amide bonds. The van der Waals surface area contributed by atoms with Crippen LogP contribution in [0.3, 0.4) is 0 Å². The Hall–Kier alpha value is -3.75. The Bertz CT molecular complexity index is 1470. The standard InChI is InChI=1S/C32H30F5NO3/c1-30(34,32(35,36)37)24-10-11-26-23(18-24)9-12-27-31(26,19-22-3-2-4-25(33)15-22)13-14-38(27)28(39)16-20-5-7-21(8-6-20)17-29(40)41/h2-8,10-11,15,18,27H,9,12-14,16-17,19H2,1H3,(H,40,41). The molecule has 9 heteroatoms. The number of carboxylic acids is 1. The number of halogens is 5. The summed E-state index contributed by atoms with van der Waals surface area (Å²) >= 11 is 0. The van der Waals surface area contributed by atoms with Crippen molar-refractivity contribution in [2.24, 2.45) is 0 Å². The minimum absolute atomic E-state index is 0.109. The van der Waals surface area contributed by atoms with Gasteiger partial charge in [-0.1, -0.05) is 54.6 Å². The molecule has 1 aliphatic heterocycles. The first-order chi connectivity index (χ1) is 19.3. The van der Waals surface area contributed by atoms with E-state index in [1.807, 2.05) is 4.90 Å². The molecule has 1 fully saturated rings. The lowest BCUT2D eigenvalue weighted by Crippen LogP contribution is -2.49. The highest BCUT2D eigenvalue weighted by Crippen LogP contribution is 2.51. The SMILES string of the molecule is CC(F)(c1ccc2c(c1)CCC1N(C(=O)Cc3ccc(CC(=O)O)cc3)CCC21Cc1cccc(F)c1)C(F)(F)F. The molecule has 0 aromatic heterocycles. The zero-order valence-corrected chi connectivity index (χ0v) is 22.5. The summed E-state index contributed by atoms with van der Waals surface area (Å²) in [6.45, 7) is 0.938. The number of nitrogens with zero attached hydrogens (tertiary/aromatic N) is 1. The van der Waals surface area contributed by atoms with Crippen molar-refractivity contribution in [3.8, 4) is 0 Å². The third-order valence-corrected chi connectivity index (χ3v) is 8.68. The number of aryl methyl sites for hydroxylation is 1. The average Bonchev–Trinajstić information content (AvgIpc) is 3.28. The van der Waals surface area contributed by atoms with Crippen LogP contribution < -0.4 is 0 Å². The summed E-state index contributed by atoms with van der Waals surface area (Å²) in [7, 11) is 0. The molecule has 1 N–H and O–H groups in total. The number of carboxylic acid groups (broad SMARTS) is 1. The van der Waals surface area contributed by atoms with E-state index in [1.54, 1.807) is 42.5 Å². The van der Waals surface area contributed by atoms with Gasteiger partial charge in [0.2, 0.25) is 11.6 Å². The molecule has 1 aliphatic carbocycles. The fraction of sp³-hybridized carbons (Fsp3) is 0.375. The second-order valence-electron chi connectivity index (χ2n) is 11.3. The number of hydrogen-bond donors (Lipinski definition) is 1. The molecule has 0 spiro atoms. The first-order valence-electron chi connectivity index (χ1n) is 13.5. The van der Waals surface area contributed by atoms with Crippen molar-refractivity contribution in [3.63, 3.8) is 0 Å². The zero-order chi connectivity index (χ0) is 29.6. The number of benzene rings is 3. The number of hydrogen-bond acceptors (Lipinski definition) is 2. The van der Waals surface area contributed by atoms with Crippen LogP contribution in [0.2, 0.25) is 0 Å². The summed E-state index contributed by atoms with van der Waals surface area (Å²) in [6.07, 6.45) is -3.32. The van der Waals surface area contributed by atoms with Crippen LogP contribution in [0.15, 0.2) is 66.7 Å². The number of alkyl halides is 4. The smallest absolute Gasteiger partial charge is 0.426 e. The third-order valence-electron chi connectivity index (χ3n) is 8.68. The van der Waals surface area contributed by atoms with Crippen molar-refractivity contribution in [3.05, 3.63) is 106 Å². The number of aliphatic carboxylic acids is 1. The summed E-state index contributed by atoms with van der Waals surface area (Å²) in [5, 5.41) is 8.99. The lowest BCUT2D eigenvalue weighted by molar-refractivity contribution is -0.228. The van der Waals surface area contributed by atoms with E-state index in [-0.39, 0.29) is 24.8 Å². The average molecular weight is 572 g/mol. The van der Waals surface area contributed by atoms with Crippen molar-refractivity contribution >= 4 is 11.9 Å². The highest BCUT2D eigenvalue weighted by molar-refractivity contribution is 5.80. The van der Waals surface area contributed by atoms with E-state index in [0.29, 0.717) is 55.8 Å². The first kappa shape index (κ1) is 28.8. The van der Waals surface area contributed by atoms with E-state index in [2.05, 4.69) is 0 Å². The van der Waals surface area contributed by atoms with Crippen molar-refractivity contribution in [1.82, 2.24) is 4.90 Å². The van der Waals surface area contributed by atoms with Gasteiger partial charge in [0.25, 0.3) is 0 Å². The highest BCUT2D eigenvalue weighted by atomic mass is 19.4. The predicted octanol–water partition coefficient (Wildman–Crippen LogP) is 6.47. The van der Waals surface area contributed by atoms with Gasteiger partial charge >= 0.3 is 12.1 Å². The monoisotopic (exact) mass is 571 g/mol.